The van der Waals surface area contributed by atoms with Gasteiger partial charge in [0.25, 0.3) is 5.91 Å². The minimum atomic E-state index is -0.371. The number of hydrogen-bond donors (Lipinski definition) is 2. The lowest BCUT2D eigenvalue weighted by Crippen LogP contribution is -2.16. The number of aromatic nitrogens is 2. The Hall–Kier alpha value is -3.61. The Morgan fingerprint density at radius 3 is 2.50 bits per heavy atom. The van der Waals surface area contributed by atoms with Crippen molar-refractivity contribution in [3.63, 3.8) is 0 Å². The summed E-state index contributed by atoms with van der Waals surface area (Å²) in [5.41, 5.74) is 1.86. The van der Waals surface area contributed by atoms with Crippen molar-refractivity contribution in [2.24, 2.45) is 0 Å². The molecule has 2 N–H and O–H groups in total. The van der Waals surface area contributed by atoms with Gasteiger partial charge in [-0.25, -0.2) is 9.97 Å². The summed E-state index contributed by atoms with van der Waals surface area (Å²) in [6, 6.07) is 16.8. The zero-order chi connectivity index (χ0) is 19.9. The quantitative estimate of drug-likeness (QED) is 0.648. The Balaban J connectivity index is 1.76. The van der Waals surface area contributed by atoms with Gasteiger partial charge in [0, 0.05) is 18.2 Å². The van der Waals surface area contributed by atoms with Gasteiger partial charge in [0.1, 0.15) is 29.3 Å². The van der Waals surface area contributed by atoms with Gasteiger partial charge in [-0.3, -0.25) is 4.79 Å². The third-order valence-electron chi connectivity index (χ3n) is 4.22. The molecule has 3 aromatic rings. The van der Waals surface area contributed by atoms with Crippen LogP contribution in [0.1, 0.15) is 29.0 Å². The molecule has 28 heavy (non-hydrogen) atoms. The Labute approximate surface area is 163 Å². The molecule has 1 heterocycles. The number of ether oxygens (including phenoxy) is 2. The predicted octanol–water partition coefficient (Wildman–Crippen LogP) is 3.92. The summed E-state index contributed by atoms with van der Waals surface area (Å²) in [7, 11) is 3.10. The van der Waals surface area contributed by atoms with E-state index in [2.05, 4.69) is 20.6 Å². The van der Waals surface area contributed by atoms with E-state index in [0.29, 0.717) is 23.0 Å². The first-order valence-corrected chi connectivity index (χ1v) is 8.77. The van der Waals surface area contributed by atoms with E-state index in [-0.39, 0.29) is 17.6 Å². The van der Waals surface area contributed by atoms with Crippen LogP contribution in [0.15, 0.2) is 60.9 Å². The number of anilines is 2. The summed E-state index contributed by atoms with van der Waals surface area (Å²) >= 11 is 0. The van der Waals surface area contributed by atoms with Gasteiger partial charge >= 0.3 is 0 Å². The van der Waals surface area contributed by atoms with Crippen molar-refractivity contribution >= 4 is 17.4 Å². The molecule has 0 fully saturated rings. The maximum atomic E-state index is 12.7. The van der Waals surface area contributed by atoms with E-state index >= 15 is 0 Å². The third-order valence-corrected chi connectivity index (χ3v) is 4.22. The highest BCUT2D eigenvalue weighted by molar-refractivity contribution is 6.04. The smallest absolute Gasteiger partial charge is 0.274 e. The van der Waals surface area contributed by atoms with Crippen LogP contribution in [-0.2, 0) is 0 Å². The maximum Gasteiger partial charge on any atom is 0.274 e. The third kappa shape index (κ3) is 4.56. The van der Waals surface area contributed by atoms with Gasteiger partial charge in [-0.2, -0.15) is 0 Å². The highest BCUT2D eigenvalue weighted by Gasteiger charge is 2.14. The molecule has 0 aliphatic heterocycles. The SMILES string of the molecule is COc1ccc(OC)c(NC(=O)c2cc(NC(C)c3ccccc3)ncn2)c1. The van der Waals surface area contributed by atoms with Gasteiger partial charge < -0.3 is 20.1 Å². The molecule has 1 atom stereocenters. The van der Waals surface area contributed by atoms with Gasteiger partial charge in [0.05, 0.1) is 19.9 Å². The average molecular weight is 378 g/mol. The van der Waals surface area contributed by atoms with Crippen LogP contribution in [0.5, 0.6) is 11.5 Å². The Kier molecular flexibility index (Phi) is 6.06. The van der Waals surface area contributed by atoms with E-state index in [1.807, 2.05) is 37.3 Å². The van der Waals surface area contributed by atoms with Crippen molar-refractivity contribution in [1.29, 1.82) is 0 Å². The van der Waals surface area contributed by atoms with E-state index in [4.69, 9.17) is 9.47 Å². The molecule has 7 nitrogen and oxygen atoms in total. The number of methoxy groups -OCH3 is 2. The second-order valence-electron chi connectivity index (χ2n) is 6.09. The van der Waals surface area contributed by atoms with Crippen molar-refractivity contribution in [1.82, 2.24) is 9.97 Å². The van der Waals surface area contributed by atoms with Crippen LogP contribution >= 0.6 is 0 Å². The van der Waals surface area contributed by atoms with Crippen molar-refractivity contribution in [3.8, 4) is 11.5 Å². The zero-order valence-electron chi connectivity index (χ0n) is 16.0. The number of carbonyl (C=O) groups is 1. The number of rotatable bonds is 7. The number of amides is 1. The highest BCUT2D eigenvalue weighted by atomic mass is 16.5. The second kappa shape index (κ2) is 8.85. The fourth-order valence-electron chi connectivity index (χ4n) is 2.71. The number of hydrogen-bond acceptors (Lipinski definition) is 6. The molecule has 1 unspecified atom stereocenters. The molecule has 0 radical (unpaired) electrons. The molecule has 0 saturated carbocycles. The maximum absolute atomic E-state index is 12.7. The molecule has 1 amide bonds. The van der Waals surface area contributed by atoms with E-state index < -0.39 is 0 Å². The Morgan fingerprint density at radius 2 is 1.79 bits per heavy atom. The molecule has 144 valence electrons. The van der Waals surface area contributed by atoms with Crippen LogP contribution in [-0.4, -0.2) is 30.1 Å². The van der Waals surface area contributed by atoms with Gasteiger partial charge in [-0.1, -0.05) is 30.3 Å². The predicted molar refractivity (Wildman–Crippen MR) is 108 cm³/mol. The monoisotopic (exact) mass is 378 g/mol. The largest absolute Gasteiger partial charge is 0.497 e. The fourth-order valence-corrected chi connectivity index (χ4v) is 2.71. The lowest BCUT2D eigenvalue weighted by molar-refractivity contribution is 0.102. The van der Waals surface area contributed by atoms with Crippen LogP contribution in [0.2, 0.25) is 0 Å². The summed E-state index contributed by atoms with van der Waals surface area (Å²) in [5.74, 6) is 1.33. The number of nitrogens with zero attached hydrogens (tertiary/aromatic N) is 2. The molecule has 7 heteroatoms. The summed E-state index contributed by atoms with van der Waals surface area (Å²) in [5, 5.41) is 6.08. The van der Waals surface area contributed by atoms with Crippen LogP contribution < -0.4 is 20.1 Å². The summed E-state index contributed by atoms with van der Waals surface area (Å²) in [6.07, 6.45) is 1.36. The van der Waals surface area contributed by atoms with Gasteiger partial charge in [0.2, 0.25) is 0 Å². The summed E-state index contributed by atoms with van der Waals surface area (Å²) in [4.78, 5) is 21.0. The molecule has 0 saturated heterocycles. The molecule has 0 spiro atoms. The number of benzene rings is 2. The Bertz CT molecular complexity index is 947. The van der Waals surface area contributed by atoms with Crippen LogP contribution in [0.3, 0.4) is 0 Å². The minimum absolute atomic E-state index is 0.0329. The van der Waals surface area contributed by atoms with Crippen LogP contribution in [0.4, 0.5) is 11.5 Å². The van der Waals surface area contributed by atoms with E-state index in [0.717, 1.165) is 5.56 Å². The first-order valence-electron chi connectivity index (χ1n) is 8.77. The molecule has 0 bridgehead atoms. The average Bonchev–Trinajstić information content (AvgIpc) is 2.74. The molecule has 3 rings (SSSR count). The fraction of sp³-hybridized carbons (Fsp3) is 0.190. The second-order valence-corrected chi connectivity index (χ2v) is 6.09. The number of carbonyl (C=O) groups excluding carboxylic acids is 1. The van der Waals surface area contributed by atoms with E-state index in [1.54, 1.807) is 31.4 Å². The zero-order valence-corrected chi connectivity index (χ0v) is 16.0. The first kappa shape index (κ1) is 19.2. The normalized spacial score (nSPS) is 11.4. The van der Waals surface area contributed by atoms with Gasteiger partial charge in [-0.15, -0.1) is 0 Å². The molecular formula is C21H22N4O3. The molecule has 1 aromatic heterocycles. The molecule has 0 aliphatic rings. The van der Waals surface area contributed by atoms with Crippen molar-refractivity contribution in [2.75, 3.05) is 24.9 Å². The topological polar surface area (TPSA) is 85.4 Å². The summed E-state index contributed by atoms with van der Waals surface area (Å²) in [6.45, 7) is 2.03. The highest BCUT2D eigenvalue weighted by Crippen LogP contribution is 2.29. The molecule has 0 aliphatic carbocycles. The van der Waals surface area contributed by atoms with E-state index in [9.17, 15) is 4.79 Å². The standard InChI is InChI=1S/C21H22N4O3/c1-14(15-7-5-4-6-8-15)24-20-12-18(22-13-23-20)21(26)25-17-11-16(27-2)9-10-19(17)28-3/h4-14H,1-3H3,(H,25,26)(H,22,23,24). The number of nitrogens with one attached hydrogen (secondary N) is 2. The lowest BCUT2D eigenvalue weighted by Gasteiger charge is -2.15. The van der Waals surface area contributed by atoms with Crippen molar-refractivity contribution in [2.45, 2.75) is 13.0 Å². The molecule has 2 aromatic carbocycles. The van der Waals surface area contributed by atoms with Crippen molar-refractivity contribution in [3.05, 3.63) is 72.2 Å². The summed E-state index contributed by atoms with van der Waals surface area (Å²) < 4.78 is 10.5. The lowest BCUT2D eigenvalue weighted by atomic mass is 10.1. The Morgan fingerprint density at radius 1 is 1.00 bits per heavy atom. The first-order chi connectivity index (χ1) is 13.6. The van der Waals surface area contributed by atoms with Gasteiger partial charge in [-0.05, 0) is 24.6 Å². The minimum Gasteiger partial charge on any atom is -0.497 e. The van der Waals surface area contributed by atoms with Gasteiger partial charge in [0.15, 0.2) is 0 Å². The van der Waals surface area contributed by atoms with Crippen LogP contribution in [0, 0.1) is 0 Å². The van der Waals surface area contributed by atoms with Crippen molar-refractivity contribution < 1.29 is 14.3 Å². The molecular weight excluding hydrogens is 356 g/mol. The van der Waals surface area contributed by atoms with E-state index in [1.165, 1.54) is 13.4 Å². The van der Waals surface area contributed by atoms with Crippen LogP contribution in [0.25, 0.3) is 0 Å².